The molecule has 8 heteroatoms. The first-order valence-corrected chi connectivity index (χ1v) is 13.7. The van der Waals surface area contributed by atoms with Gasteiger partial charge in [0.25, 0.3) is 10.0 Å². The molecule has 0 amide bonds. The van der Waals surface area contributed by atoms with Crippen LogP contribution in [0.25, 0.3) is 0 Å². The Balaban J connectivity index is 1.66. The molecule has 1 saturated heterocycles. The number of anilines is 1. The van der Waals surface area contributed by atoms with Gasteiger partial charge in [0.1, 0.15) is 0 Å². The average Bonchev–Trinajstić information content (AvgIpc) is 2.87. The fourth-order valence-electron chi connectivity index (χ4n) is 5.05. The molecular weight excluding hydrogens is 452 g/mol. The highest BCUT2D eigenvalue weighted by molar-refractivity contribution is 7.92. The van der Waals surface area contributed by atoms with Crippen molar-refractivity contribution in [1.29, 1.82) is 0 Å². The summed E-state index contributed by atoms with van der Waals surface area (Å²) in [6.45, 7) is 6.93. The van der Waals surface area contributed by atoms with Crippen LogP contribution in [0.15, 0.2) is 41.3 Å². The molecule has 2 N–H and O–H groups in total. The monoisotopic (exact) mass is 488 g/mol. The van der Waals surface area contributed by atoms with E-state index in [9.17, 15) is 18.6 Å². The largest absolute Gasteiger partial charge is 0.392 e. The van der Waals surface area contributed by atoms with Crippen molar-refractivity contribution >= 4 is 15.7 Å². The summed E-state index contributed by atoms with van der Waals surface area (Å²) in [5.74, 6) is 0. The van der Waals surface area contributed by atoms with E-state index in [1.807, 2.05) is 19.1 Å². The Morgan fingerprint density at radius 1 is 1.12 bits per heavy atom. The van der Waals surface area contributed by atoms with Crippen molar-refractivity contribution in [3.63, 3.8) is 0 Å². The molecule has 2 atom stereocenters. The minimum atomic E-state index is -3.84. The number of ether oxygens (including phenoxy) is 1. The van der Waals surface area contributed by atoms with Crippen LogP contribution in [0.3, 0.4) is 0 Å². The van der Waals surface area contributed by atoms with Crippen molar-refractivity contribution in [1.82, 2.24) is 4.90 Å². The predicted octanol–water partition coefficient (Wildman–Crippen LogP) is 3.03. The lowest BCUT2D eigenvalue weighted by molar-refractivity contribution is 0.0140. The van der Waals surface area contributed by atoms with E-state index in [0.29, 0.717) is 30.9 Å². The van der Waals surface area contributed by atoms with Gasteiger partial charge in [-0.2, -0.15) is 0 Å². The molecule has 7 nitrogen and oxygen atoms in total. The molecule has 34 heavy (non-hydrogen) atoms. The summed E-state index contributed by atoms with van der Waals surface area (Å²) in [7, 11) is -3.84. The predicted molar refractivity (Wildman–Crippen MR) is 132 cm³/mol. The van der Waals surface area contributed by atoms with Gasteiger partial charge in [0.05, 0.1) is 36.5 Å². The fourth-order valence-corrected chi connectivity index (χ4v) is 6.89. The van der Waals surface area contributed by atoms with Crippen molar-refractivity contribution in [3.8, 4) is 0 Å². The standard InChI is InChI=1S/C26H36N2O5S/c1-3-19-5-10-25-20(15-19)6-7-22(4-2)28(25)34(31,32)23-8-9-24(21(16-23)18-29)26(30)17-27-11-13-33-14-12-27/h5,8-10,15-16,22,26,29-30H,3-4,6-7,11-14,17-18H2,1-2H3. The summed E-state index contributed by atoms with van der Waals surface area (Å²) in [5.41, 5.74) is 4.01. The lowest BCUT2D eigenvalue weighted by atomic mass is 9.94. The first kappa shape index (κ1) is 25.1. The van der Waals surface area contributed by atoms with E-state index < -0.39 is 16.1 Å². The van der Waals surface area contributed by atoms with Gasteiger partial charge in [0.15, 0.2) is 0 Å². The Morgan fingerprint density at radius 3 is 2.56 bits per heavy atom. The molecule has 4 rings (SSSR count). The number of aryl methyl sites for hydroxylation is 2. The molecule has 2 aromatic carbocycles. The third-order valence-corrected chi connectivity index (χ3v) is 8.94. The van der Waals surface area contributed by atoms with Crippen LogP contribution in [0.1, 0.15) is 55.0 Å². The number of sulfonamides is 1. The topological polar surface area (TPSA) is 90.3 Å². The smallest absolute Gasteiger partial charge is 0.264 e. The highest BCUT2D eigenvalue weighted by Crippen LogP contribution is 2.37. The van der Waals surface area contributed by atoms with Gasteiger partial charge >= 0.3 is 0 Å². The van der Waals surface area contributed by atoms with Crippen molar-refractivity contribution in [2.24, 2.45) is 0 Å². The number of nitrogens with zero attached hydrogens (tertiary/aromatic N) is 2. The van der Waals surface area contributed by atoms with Gasteiger partial charge in [0.2, 0.25) is 0 Å². The molecule has 2 aromatic rings. The summed E-state index contributed by atoms with van der Waals surface area (Å²) < 4.78 is 34.7. The molecule has 0 radical (unpaired) electrons. The average molecular weight is 489 g/mol. The van der Waals surface area contributed by atoms with Gasteiger partial charge in [0, 0.05) is 25.7 Å². The number of aliphatic hydroxyl groups excluding tert-OH is 2. The highest BCUT2D eigenvalue weighted by Gasteiger charge is 2.35. The van der Waals surface area contributed by atoms with Crippen molar-refractivity contribution in [3.05, 3.63) is 58.7 Å². The zero-order valence-electron chi connectivity index (χ0n) is 20.1. The number of benzene rings is 2. The lowest BCUT2D eigenvalue weighted by Gasteiger charge is -2.38. The zero-order chi connectivity index (χ0) is 24.3. The third kappa shape index (κ3) is 5.02. The second kappa shape index (κ2) is 10.7. The molecule has 186 valence electrons. The molecule has 0 aromatic heterocycles. The summed E-state index contributed by atoms with van der Waals surface area (Å²) in [6, 6.07) is 10.7. The minimum absolute atomic E-state index is 0.117. The number of hydrogen-bond donors (Lipinski definition) is 2. The number of aliphatic hydroxyl groups is 2. The highest BCUT2D eigenvalue weighted by atomic mass is 32.2. The molecule has 0 spiro atoms. The van der Waals surface area contributed by atoms with Crippen LogP contribution >= 0.6 is 0 Å². The van der Waals surface area contributed by atoms with E-state index in [4.69, 9.17) is 4.74 Å². The Kier molecular flexibility index (Phi) is 7.94. The first-order chi connectivity index (χ1) is 16.4. The van der Waals surface area contributed by atoms with Gasteiger partial charge in [-0.25, -0.2) is 8.42 Å². The van der Waals surface area contributed by atoms with E-state index in [0.717, 1.165) is 50.0 Å². The van der Waals surface area contributed by atoms with Gasteiger partial charge in [-0.05, 0) is 66.1 Å². The van der Waals surface area contributed by atoms with E-state index in [1.54, 1.807) is 16.4 Å². The van der Waals surface area contributed by atoms with Gasteiger partial charge in [-0.1, -0.05) is 32.0 Å². The molecule has 0 aliphatic carbocycles. The summed E-state index contributed by atoms with van der Waals surface area (Å²) in [6.07, 6.45) is 2.45. The van der Waals surface area contributed by atoms with E-state index in [-0.39, 0.29) is 17.5 Å². The van der Waals surface area contributed by atoms with E-state index in [1.165, 1.54) is 11.6 Å². The molecule has 0 saturated carbocycles. The Bertz CT molecular complexity index is 1100. The van der Waals surface area contributed by atoms with E-state index >= 15 is 0 Å². The Morgan fingerprint density at radius 2 is 1.88 bits per heavy atom. The maximum absolute atomic E-state index is 13.9. The number of β-amino-alcohol motifs (C(OH)–C–C–N with tert-alkyl or cyclic N) is 1. The van der Waals surface area contributed by atoms with Crippen molar-refractivity contribution < 1.29 is 23.4 Å². The Labute approximate surface area is 203 Å². The van der Waals surface area contributed by atoms with Crippen LogP contribution in [0.4, 0.5) is 5.69 Å². The fraction of sp³-hybridized carbons (Fsp3) is 0.538. The van der Waals surface area contributed by atoms with Crippen LogP contribution < -0.4 is 4.31 Å². The molecule has 1 fully saturated rings. The molecule has 2 aliphatic rings. The second-order valence-electron chi connectivity index (χ2n) is 9.17. The molecule has 0 bridgehead atoms. The number of hydrogen-bond acceptors (Lipinski definition) is 6. The summed E-state index contributed by atoms with van der Waals surface area (Å²) in [4.78, 5) is 2.26. The van der Waals surface area contributed by atoms with Gasteiger partial charge in [-0.3, -0.25) is 9.21 Å². The van der Waals surface area contributed by atoms with Crippen LogP contribution in [0, 0.1) is 0 Å². The maximum Gasteiger partial charge on any atom is 0.264 e. The molecule has 2 heterocycles. The van der Waals surface area contributed by atoms with Crippen LogP contribution in [-0.4, -0.2) is 62.4 Å². The first-order valence-electron chi connectivity index (χ1n) is 12.3. The molecular formula is C26H36N2O5S. The molecule has 2 aliphatic heterocycles. The maximum atomic E-state index is 13.9. The second-order valence-corrected chi connectivity index (χ2v) is 11.0. The van der Waals surface area contributed by atoms with Gasteiger partial charge in [-0.15, -0.1) is 0 Å². The number of fused-ring (bicyclic) bond motifs is 1. The minimum Gasteiger partial charge on any atom is -0.392 e. The summed E-state index contributed by atoms with van der Waals surface area (Å²) >= 11 is 0. The molecule has 2 unspecified atom stereocenters. The number of rotatable bonds is 8. The number of morpholine rings is 1. The summed E-state index contributed by atoms with van der Waals surface area (Å²) in [5, 5.41) is 20.9. The van der Waals surface area contributed by atoms with Crippen LogP contribution in [0.2, 0.25) is 0 Å². The van der Waals surface area contributed by atoms with Crippen molar-refractivity contribution in [2.75, 3.05) is 37.2 Å². The SMILES string of the molecule is CCc1ccc2c(c1)CCC(CC)N2S(=O)(=O)c1ccc(C(O)CN2CCOCC2)c(CO)c1. The lowest BCUT2D eigenvalue weighted by Crippen LogP contribution is -2.43. The zero-order valence-corrected chi connectivity index (χ0v) is 20.9. The van der Waals surface area contributed by atoms with Crippen LogP contribution in [-0.2, 0) is 34.2 Å². The van der Waals surface area contributed by atoms with E-state index in [2.05, 4.69) is 17.9 Å². The Hall–Kier alpha value is -1.97. The van der Waals surface area contributed by atoms with Crippen LogP contribution in [0.5, 0.6) is 0 Å². The quantitative estimate of drug-likeness (QED) is 0.594. The van der Waals surface area contributed by atoms with Crippen molar-refractivity contribution in [2.45, 2.75) is 63.2 Å². The van der Waals surface area contributed by atoms with Gasteiger partial charge < -0.3 is 14.9 Å². The third-order valence-electron chi connectivity index (χ3n) is 7.07. The normalized spacial score (nSPS) is 20.2.